The lowest BCUT2D eigenvalue weighted by atomic mass is 10.2. The van der Waals surface area contributed by atoms with Crippen LogP contribution in [0, 0.1) is 0 Å². The molecule has 0 amide bonds. The van der Waals surface area contributed by atoms with Crippen LogP contribution in [-0.2, 0) is 4.74 Å². The molecule has 0 radical (unpaired) electrons. The molecule has 1 rings (SSSR count). The Morgan fingerprint density at radius 1 is 1.23 bits per heavy atom. The fourth-order valence-electron chi connectivity index (χ4n) is 1.97. The van der Waals surface area contributed by atoms with E-state index >= 15 is 0 Å². The highest BCUT2D eigenvalue weighted by Crippen LogP contribution is 2.14. The van der Waals surface area contributed by atoms with E-state index in [1.807, 2.05) is 0 Å². The fourth-order valence-corrected chi connectivity index (χ4v) is 1.97. The Bertz CT molecular complexity index is 145. The van der Waals surface area contributed by atoms with Crippen LogP contribution in [-0.4, -0.2) is 36.2 Å². The summed E-state index contributed by atoms with van der Waals surface area (Å²) in [5.41, 5.74) is -0.000852. The quantitative estimate of drug-likeness (QED) is 0.669. The first-order chi connectivity index (χ1) is 5.97. The zero-order valence-corrected chi connectivity index (χ0v) is 9.47. The summed E-state index contributed by atoms with van der Waals surface area (Å²) in [4.78, 5) is 2.50. The Kier molecular flexibility index (Phi) is 3.74. The molecule has 2 nitrogen and oxygen atoms in total. The second-order valence-electron chi connectivity index (χ2n) is 5.05. The number of hydrogen-bond acceptors (Lipinski definition) is 2. The summed E-state index contributed by atoms with van der Waals surface area (Å²) in [6, 6.07) is 0. The molecule has 78 valence electrons. The second kappa shape index (κ2) is 4.43. The topological polar surface area (TPSA) is 12.5 Å². The molecule has 0 N–H and O–H groups in total. The Morgan fingerprint density at radius 3 is 2.23 bits per heavy atom. The molecule has 0 spiro atoms. The van der Waals surface area contributed by atoms with Gasteiger partial charge in [-0.15, -0.1) is 0 Å². The van der Waals surface area contributed by atoms with E-state index in [9.17, 15) is 0 Å². The van der Waals surface area contributed by atoms with Crippen molar-refractivity contribution < 1.29 is 4.74 Å². The van der Waals surface area contributed by atoms with Crippen molar-refractivity contribution in [3.8, 4) is 0 Å². The molecule has 1 aliphatic rings. The molecule has 0 aromatic rings. The molecular formula is C11H23NO. The molecule has 0 unspecified atom stereocenters. The minimum absolute atomic E-state index is 0.000852. The van der Waals surface area contributed by atoms with Gasteiger partial charge in [0.2, 0.25) is 0 Å². The van der Waals surface area contributed by atoms with Gasteiger partial charge in [0.1, 0.15) is 0 Å². The molecule has 0 saturated carbocycles. The van der Waals surface area contributed by atoms with Crippen LogP contribution in [0.5, 0.6) is 0 Å². The Labute approximate surface area is 82.3 Å². The van der Waals surface area contributed by atoms with Crippen molar-refractivity contribution in [2.24, 2.45) is 0 Å². The van der Waals surface area contributed by atoms with Gasteiger partial charge in [0.05, 0.1) is 11.7 Å². The van der Waals surface area contributed by atoms with Crippen molar-refractivity contribution in [2.45, 2.75) is 52.2 Å². The third-order valence-corrected chi connectivity index (χ3v) is 2.27. The molecule has 0 bridgehead atoms. The second-order valence-corrected chi connectivity index (χ2v) is 5.05. The standard InChI is InChI=1S/C11H23NO/c1-10(13-11(2,3)4)9-12-7-5-6-8-12/h10H,5-9H2,1-4H3/t10-/m1/s1. The molecule has 1 saturated heterocycles. The zero-order valence-electron chi connectivity index (χ0n) is 9.47. The van der Waals surface area contributed by atoms with Crippen LogP contribution in [0.15, 0.2) is 0 Å². The average molecular weight is 185 g/mol. The predicted octanol–water partition coefficient (Wildman–Crippen LogP) is 2.29. The zero-order chi connectivity index (χ0) is 9.90. The Hall–Kier alpha value is -0.0800. The molecule has 1 atom stereocenters. The summed E-state index contributed by atoms with van der Waals surface area (Å²) in [7, 11) is 0. The highest BCUT2D eigenvalue weighted by Gasteiger charge is 2.19. The van der Waals surface area contributed by atoms with Crippen molar-refractivity contribution in [3.63, 3.8) is 0 Å². The van der Waals surface area contributed by atoms with Crippen LogP contribution < -0.4 is 0 Å². The molecule has 2 heteroatoms. The molecular weight excluding hydrogens is 162 g/mol. The third kappa shape index (κ3) is 4.63. The van der Waals surface area contributed by atoms with Gasteiger partial charge in [0.25, 0.3) is 0 Å². The molecule has 1 fully saturated rings. The lowest BCUT2D eigenvalue weighted by Gasteiger charge is -2.28. The van der Waals surface area contributed by atoms with E-state index < -0.39 is 0 Å². The number of ether oxygens (including phenoxy) is 1. The number of rotatable bonds is 3. The minimum atomic E-state index is -0.000852. The maximum absolute atomic E-state index is 5.86. The summed E-state index contributed by atoms with van der Waals surface area (Å²) < 4.78 is 5.86. The van der Waals surface area contributed by atoms with Gasteiger partial charge in [-0.1, -0.05) is 0 Å². The van der Waals surface area contributed by atoms with E-state index in [0.717, 1.165) is 6.54 Å². The largest absolute Gasteiger partial charge is 0.372 e. The van der Waals surface area contributed by atoms with Crippen LogP contribution in [0.25, 0.3) is 0 Å². The Balaban J connectivity index is 2.20. The summed E-state index contributed by atoms with van der Waals surface area (Å²) in [6.45, 7) is 12.1. The summed E-state index contributed by atoms with van der Waals surface area (Å²) in [6.07, 6.45) is 3.09. The highest BCUT2D eigenvalue weighted by molar-refractivity contribution is 4.71. The molecule has 0 aliphatic carbocycles. The maximum atomic E-state index is 5.86. The molecule has 1 heterocycles. The van der Waals surface area contributed by atoms with Crippen molar-refractivity contribution >= 4 is 0 Å². The van der Waals surface area contributed by atoms with Crippen LogP contribution in [0.2, 0.25) is 0 Å². The van der Waals surface area contributed by atoms with Gasteiger partial charge in [-0.25, -0.2) is 0 Å². The monoisotopic (exact) mass is 185 g/mol. The summed E-state index contributed by atoms with van der Waals surface area (Å²) >= 11 is 0. The first-order valence-electron chi connectivity index (χ1n) is 5.37. The SMILES string of the molecule is C[C@H](CN1CCCC1)OC(C)(C)C. The smallest absolute Gasteiger partial charge is 0.0681 e. The van der Waals surface area contributed by atoms with Crippen LogP contribution >= 0.6 is 0 Å². The van der Waals surface area contributed by atoms with E-state index in [-0.39, 0.29) is 5.60 Å². The average Bonchev–Trinajstić information content (AvgIpc) is 2.34. The van der Waals surface area contributed by atoms with Gasteiger partial charge in [-0.2, -0.15) is 0 Å². The van der Waals surface area contributed by atoms with Gasteiger partial charge < -0.3 is 9.64 Å². The minimum Gasteiger partial charge on any atom is -0.372 e. The molecule has 0 aromatic carbocycles. The lowest BCUT2D eigenvalue weighted by Crippen LogP contribution is -2.35. The summed E-state index contributed by atoms with van der Waals surface area (Å²) in [5.74, 6) is 0. The molecule has 1 aliphatic heterocycles. The molecule has 0 aromatic heterocycles. The predicted molar refractivity (Wildman–Crippen MR) is 56.0 cm³/mol. The summed E-state index contributed by atoms with van der Waals surface area (Å²) in [5, 5.41) is 0. The molecule has 13 heavy (non-hydrogen) atoms. The maximum Gasteiger partial charge on any atom is 0.0681 e. The van der Waals surface area contributed by atoms with Gasteiger partial charge in [0.15, 0.2) is 0 Å². The number of hydrogen-bond donors (Lipinski definition) is 0. The van der Waals surface area contributed by atoms with Gasteiger partial charge in [-0.05, 0) is 53.6 Å². The normalized spacial score (nSPS) is 22.2. The van der Waals surface area contributed by atoms with Crippen LogP contribution in [0.3, 0.4) is 0 Å². The third-order valence-electron chi connectivity index (χ3n) is 2.27. The van der Waals surface area contributed by atoms with E-state index in [4.69, 9.17) is 4.74 Å². The van der Waals surface area contributed by atoms with Crippen LogP contribution in [0.1, 0.15) is 40.5 Å². The van der Waals surface area contributed by atoms with E-state index in [1.54, 1.807) is 0 Å². The van der Waals surface area contributed by atoms with E-state index in [1.165, 1.54) is 25.9 Å². The van der Waals surface area contributed by atoms with Crippen molar-refractivity contribution in [2.75, 3.05) is 19.6 Å². The first-order valence-corrected chi connectivity index (χ1v) is 5.37. The van der Waals surface area contributed by atoms with Gasteiger partial charge in [0, 0.05) is 6.54 Å². The number of nitrogens with zero attached hydrogens (tertiary/aromatic N) is 1. The Morgan fingerprint density at radius 2 is 1.77 bits per heavy atom. The lowest BCUT2D eigenvalue weighted by molar-refractivity contribution is -0.0609. The first kappa shape index (κ1) is 11.0. The van der Waals surface area contributed by atoms with Gasteiger partial charge in [-0.3, -0.25) is 0 Å². The highest BCUT2D eigenvalue weighted by atomic mass is 16.5. The van der Waals surface area contributed by atoms with Gasteiger partial charge >= 0.3 is 0 Å². The van der Waals surface area contributed by atoms with E-state index in [0.29, 0.717) is 6.10 Å². The van der Waals surface area contributed by atoms with Crippen molar-refractivity contribution in [1.29, 1.82) is 0 Å². The van der Waals surface area contributed by atoms with Crippen molar-refractivity contribution in [3.05, 3.63) is 0 Å². The fraction of sp³-hybridized carbons (Fsp3) is 1.00. The van der Waals surface area contributed by atoms with Crippen molar-refractivity contribution in [1.82, 2.24) is 4.90 Å². The van der Waals surface area contributed by atoms with Crippen LogP contribution in [0.4, 0.5) is 0 Å². The van der Waals surface area contributed by atoms with E-state index in [2.05, 4.69) is 32.6 Å². The number of likely N-dealkylation sites (tertiary alicyclic amines) is 1.